The first-order valence-electron chi connectivity index (χ1n) is 6.49. The molecule has 2 nitrogen and oxygen atoms in total. The molecule has 2 aromatic rings. The lowest BCUT2D eigenvalue weighted by Crippen LogP contribution is -2.28. The molecule has 0 fully saturated rings. The van der Waals surface area contributed by atoms with Crippen LogP contribution in [0.25, 0.3) is 10.9 Å². The van der Waals surface area contributed by atoms with Gasteiger partial charge in [0.05, 0.1) is 5.02 Å². The number of hydrogen-bond acceptors (Lipinski definition) is 1. The van der Waals surface area contributed by atoms with Crippen LogP contribution in [-0.4, -0.2) is 11.5 Å². The van der Waals surface area contributed by atoms with E-state index in [1.54, 1.807) is 0 Å². The number of H-pyrrole nitrogens is 1. The van der Waals surface area contributed by atoms with Gasteiger partial charge in [-0.1, -0.05) is 50.6 Å². The highest BCUT2D eigenvalue weighted by molar-refractivity contribution is 6.36. The number of halogens is 1. The van der Waals surface area contributed by atoms with Crippen molar-refractivity contribution in [2.24, 2.45) is 5.41 Å². The van der Waals surface area contributed by atoms with Crippen molar-refractivity contribution in [3.63, 3.8) is 0 Å². The van der Waals surface area contributed by atoms with Crippen LogP contribution in [0.2, 0.25) is 5.02 Å². The minimum Gasteiger partial charge on any atom is -0.356 e. The summed E-state index contributed by atoms with van der Waals surface area (Å²) in [6, 6.07) is 8.14. The van der Waals surface area contributed by atoms with Gasteiger partial charge in [-0.3, -0.25) is 0 Å². The van der Waals surface area contributed by atoms with E-state index in [0.29, 0.717) is 5.41 Å². The fourth-order valence-electron chi connectivity index (χ4n) is 1.94. The van der Waals surface area contributed by atoms with Gasteiger partial charge in [0.15, 0.2) is 0 Å². The van der Waals surface area contributed by atoms with Crippen LogP contribution in [0.3, 0.4) is 0 Å². The van der Waals surface area contributed by atoms with E-state index in [2.05, 4.69) is 37.1 Å². The molecule has 3 heteroatoms. The van der Waals surface area contributed by atoms with Gasteiger partial charge in [-0.25, -0.2) is 0 Å². The van der Waals surface area contributed by atoms with Gasteiger partial charge in [-0.15, -0.1) is 0 Å². The van der Waals surface area contributed by atoms with Gasteiger partial charge < -0.3 is 10.3 Å². The maximum atomic E-state index is 6.37. The van der Waals surface area contributed by atoms with Gasteiger partial charge in [0.25, 0.3) is 0 Å². The number of para-hydroxylation sites is 1. The van der Waals surface area contributed by atoms with Crippen molar-refractivity contribution in [1.29, 1.82) is 0 Å². The minimum atomic E-state index is 0.332. The predicted molar refractivity (Wildman–Crippen MR) is 79.1 cm³/mol. The molecule has 0 bridgehead atoms. The second-order valence-electron chi connectivity index (χ2n) is 5.58. The quantitative estimate of drug-likeness (QED) is 0.826. The molecule has 1 heterocycles. The largest absolute Gasteiger partial charge is 0.356 e. The number of aromatic nitrogens is 1. The second kappa shape index (κ2) is 5.33. The molecule has 0 unspecified atom stereocenters. The third-order valence-corrected chi connectivity index (χ3v) is 4.01. The second-order valence-corrected chi connectivity index (χ2v) is 5.96. The first-order chi connectivity index (χ1) is 8.53. The van der Waals surface area contributed by atoms with E-state index < -0.39 is 0 Å². The Balaban J connectivity index is 2.06. The summed E-state index contributed by atoms with van der Waals surface area (Å²) in [5.41, 5.74) is 2.51. The molecular formula is C15H21ClN2. The Bertz CT molecular complexity index is 528. The SMILES string of the molecule is CCC(C)(C)CNCc1[nH]c2ccccc2c1Cl. The fraction of sp³-hybridized carbons (Fsp3) is 0.467. The maximum Gasteiger partial charge on any atom is 0.0705 e. The molecule has 1 aromatic carbocycles. The zero-order valence-electron chi connectivity index (χ0n) is 11.3. The van der Waals surface area contributed by atoms with Crippen molar-refractivity contribution in [2.75, 3.05) is 6.54 Å². The van der Waals surface area contributed by atoms with Crippen LogP contribution in [0, 0.1) is 5.41 Å². The van der Waals surface area contributed by atoms with Crippen molar-refractivity contribution in [3.05, 3.63) is 35.0 Å². The van der Waals surface area contributed by atoms with E-state index in [1.165, 1.54) is 6.42 Å². The van der Waals surface area contributed by atoms with Crippen molar-refractivity contribution in [1.82, 2.24) is 10.3 Å². The molecule has 0 amide bonds. The summed E-state index contributed by atoms with van der Waals surface area (Å²) in [6.45, 7) is 8.55. The Labute approximate surface area is 114 Å². The smallest absolute Gasteiger partial charge is 0.0705 e. The van der Waals surface area contributed by atoms with Crippen molar-refractivity contribution >= 4 is 22.5 Å². The van der Waals surface area contributed by atoms with Gasteiger partial charge in [0.2, 0.25) is 0 Å². The molecular weight excluding hydrogens is 244 g/mol. The van der Waals surface area contributed by atoms with E-state index in [1.807, 2.05) is 18.2 Å². The molecule has 2 rings (SSSR count). The van der Waals surface area contributed by atoms with Gasteiger partial charge in [-0.05, 0) is 17.9 Å². The first kappa shape index (κ1) is 13.4. The van der Waals surface area contributed by atoms with Gasteiger partial charge >= 0.3 is 0 Å². The summed E-state index contributed by atoms with van der Waals surface area (Å²) < 4.78 is 0. The number of rotatable bonds is 5. The molecule has 1 aromatic heterocycles. The van der Waals surface area contributed by atoms with Crippen LogP contribution in [0.15, 0.2) is 24.3 Å². The summed E-state index contributed by atoms with van der Waals surface area (Å²) in [4.78, 5) is 3.37. The summed E-state index contributed by atoms with van der Waals surface area (Å²) in [7, 11) is 0. The summed E-state index contributed by atoms with van der Waals surface area (Å²) in [5, 5.41) is 5.42. The van der Waals surface area contributed by atoms with Gasteiger partial charge in [0, 0.05) is 29.7 Å². The monoisotopic (exact) mass is 264 g/mol. The zero-order chi connectivity index (χ0) is 13.2. The normalized spacial score (nSPS) is 12.2. The lowest BCUT2D eigenvalue weighted by molar-refractivity contribution is 0.327. The van der Waals surface area contributed by atoms with Crippen LogP contribution in [0.1, 0.15) is 32.9 Å². The van der Waals surface area contributed by atoms with Crippen molar-refractivity contribution in [2.45, 2.75) is 33.7 Å². The molecule has 0 saturated carbocycles. The minimum absolute atomic E-state index is 0.332. The zero-order valence-corrected chi connectivity index (χ0v) is 12.1. The fourth-order valence-corrected chi connectivity index (χ4v) is 2.22. The molecule has 0 spiro atoms. The predicted octanol–water partition coefficient (Wildman–Crippen LogP) is 4.35. The average Bonchev–Trinajstić information content (AvgIpc) is 2.67. The van der Waals surface area contributed by atoms with Crippen LogP contribution >= 0.6 is 11.6 Å². The lowest BCUT2D eigenvalue weighted by atomic mass is 9.90. The number of hydrogen-bond donors (Lipinski definition) is 2. The Kier molecular flexibility index (Phi) is 3.98. The topological polar surface area (TPSA) is 27.8 Å². The van der Waals surface area contributed by atoms with E-state index >= 15 is 0 Å². The molecule has 0 aliphatic carbocycles. The highest BCUT2D eigenvalue weighted by Crippen LogP contribution is 2.27. The molecule has 0 radical (unpaired) electrons. The van der Waals surface area contributed by atoms with Crippen LogP contribution < -0.4 is 5.32 Å². The molecule has 0 saturated heterocycles. The van der Waals surface area contributed by atoms with E-state index in [9.17, 15) is 0 Å². The van der Waals surface area contributed by atoms with E-state index in [4.69, 9.17) is 11.6 Å². The highest BCUT2D eigenvalue weighted by Gasteiger charge is 2.15. The van der Waals surface area contributed by atoms with Crippen molar-refractivity contribution < 1.29 is 0 Å². The standard InChI is InChI=1S/C15H21ClN2/c1-4-15(2,3)10-17-9-13-14(16)11-7-5-6-8-12(11)18-13/h5-8,17-18H,4,9-10H2,1-3H3. The van der Waals surface area contributed by atoms with Crippen LogP contribution in [0.4, 0.5) is 0 Å². The molecule has 98 valence electrons. The first-order valence-corrected chi connectivity index (χ1v) is 6.87. The van der Waals surface area contributed by atoms with Gasteiger partial charge in [0.1, 0.15) is 0 Å². The molecule has 0 aliphatic rings. The third-order valence-electron chi connectivity index (χ3n) is 3.58. The highest BCUT2D eigenvalue weighted by atomic mass is 35.5. The van der Waals surface area contributed by atoms with E-state index in [0.717, 1.165) is 34.7 Å². The Morgan fingerprint density at radius 1 is 1.28 bits per heavy atom. The summed E-state index contributed by atoms with van der Waals surface area (Å²) in [5.74, 6) is 0. The molecule has 2 N–H and O–H groups in total. The van der Waals surface area contributed by atoms with Crippen LogP contribution in [0.5, 0.6) is 0 Å². The Hall–Kier alpha value is -0.990. The van der Waals surface area contributed by atoms with E-state index in [-0.39, 0.29) is 0 Å². The summed E-state index contributed by atoms with van der Waals surface area (Å²) in [6.07, 6.45) is 1.17. The van der Waals surface area contributed by atoms with Gasteiger partial charge in [-0.2, -0.15) is 0 Å². The lowest BCUT2D eigenvalue weighted by Gasteiger charge is -2.22. The number of aromatic amines is 1. The third kappa shape index (κ3) is 2.88. The number of fused-ring (bicyclic) bond motifs is 1. The average molecular weight is 265 g/mol. The molecule has 0 aliphatic heterocycles. The summed E-state index contributed by atoms with van der Waals surface area (Å²) >= 11 is 6.37. The molecule has 18 heavy (non-hydrogen) atoms. The maximum absolute atomic E-state index is 6.37. The Morgan fingerprint density at radius 2 is 2.00 bits per heavy atom. The van der Waals surface area contributed by atoms with Crippen LogP contribution in [-0.2, 0) is 6.54 Å². The number of nitrogens with one attached hydrogen (secondary N) is 2. The number of benzene rings is 1. The Morgan fingerprint density at radius 3 is 2.67 bits per heavy atom. The van der Waals surface area contributed by atoms with Crippen molar-refractivity contribution in [3.8, 4) is 0 Å². The molecule has 0 atom stereocenters.